The minimum Gasteiger partial charge on any atom is -0.242 e. The Kier molecular flexibility index (Phi) is 3.30. The second-order valence-corrected chi connectivity index (χ2v) is 3.89. The molecule has 0 bridgehead atoms. The normalized spacial score (nSPS) is 10.0. The van der Waals surface area contributed by atoms with E-state index in [1.807, 2.05) is 30.3 Å². The SMILES string of the molecule is Clc1nsnc(Cl)c1=Nc1ccccc1. The number of halogens is 2. The van der Waals surface area contributed by atoms with Crippen LogP contribution in [0.2, 0.25) is 10.3 Å². The lowest BCUT2D eigenvalue weighted by Gasteiger charge is -1.94. The highest BCUT2D eigenvalue weighted by molar-refractivity contribution is 6.99. The van der Waals surface area contributed by atoms with Gasteiger partial charge in [0.05, 0.1) is 17.4 Å². The van der Waals surface area contributed by atoms with Gasteiger partial charge >= 0.3 is 0 Å². The van der Waals surface area contributed by atoms with Crippen molar-refractivity contribution in [3.63, 3.8) is 0 Å². The van der Waals surface area contributed by atoms with Gasteiger partial charge in [0.1, 0.15) is 5.36 Å². The van der Waals surface area contributed by atoms with Crippen LogP contribution in [0.25, 0.3) is 0 Å². The van der Waals surface area contributed by atoms with Gasteiger partial charge in [0.15, 0.2) is 10.3 Å². The molecule has 0 aliphatic rings. The maximum atomic E-state index is 5.86. The second-order valence-electron chi connectivity index (χ2n) is 2.64. The van der Waals surface area contributed by atoms with E-state index >= 15 is 0 Å². The zero-order valence-corrected chi connectivity index (χ0v) is 9.72. The molecule has 0 saturated carbocycles. The number of hydrogen-bond acceptors (Lipinski definition) is 4. The van der Waals surface area contributed by atoms with E-state index < -0.39 is 0 Å². The van der Waals surface area contributed by atoms with Crippen molar-refractivity contribution in [2.24, 2.45) is 4.99 Å². The summed E-state index contributed by atoms with van der Waals surface area (Å²) in [5.74, 6) is 0. The Morgan fingerprint density at radius 2 is 1.60 bits per heavy atom. The van der Waals surface area contributed by atoms with Crippen LogP contribution in [0.5, 0.6) is 0 Å². The lowest BCUT2D eigenvalue weighted by Crippen LogP contribution is -2.06. The molecule has 0 aliphatic heterocycles. The molecule has 3 nitrogen and oxygen atoms in total. The summed E-state index contributed by atoms with van der Waals surface area (Å²) >= 11 is 12.7. The minimum atomic E-state index is 0.267. The second kappa shape index (κ2) is 4.70. The first-order valence-corrected chi connectivity index (χ1v) is 5.53. The molecule has 2 rings (SSSR count). The third kappa shape index (κ3) is 2.53. The molecule has 0 radical (unpaired) electrons. The van der Waals surface area contributed by atoms with E-state index in [9.17, 15) is 0 Å². The fourth-order valence-electron chi connectivity index (χ4n) is 0.988. The molecule has 2 aromatic rings. The van der Waals surface area contributed by atoms with Gasteiger partial charge in [-0.25, -0.2) is 4.99 Å². The van der Waals surface area contributed by atoms with Crippen molar-refractivity contribution in [1.82, 2.24) is 8.75 Å². The molecule has 0 N–H and O–H groups in total. The Balaban J connectivity index is 2.59. The lowest BCUT2D eigenvalue weighted by molar-refractivity contribution is 1.25. The molecular weight excluding hydrogens is 253 g/mol. The van der Waals surface area contributed by atoms with Crippen molar-refractivity contribution in [1.29, 1.82) is 0 Å². The summed E-state index contributed by atoms with van der Waals surface area (Å²) in [5.41, 5.74) is 0.765. The van der Waals surface area contributed by atoms with Crippen molar-refractivity contribution in [3.8, 4) is 0 Å². The Bertz CT molecular complexity index is 501. The molecule has 15 heavy (non-hydrogen) atoms. The number of rotatable bonds is 1. The number of para-hydroxylation sites is 1. The first-order chi connectivity index (χ1) is 7.27. The fourth-order valence-corrected chi connectivity index (χ4v) is 1.84. The summed E-state index contributed by atoms with van der Waals surface area (Å²) < 4.78 is 7.71. The highest BCUT2D eigenvalue weighted by atomic mass is 35.5. The van der Waals surface area contributed by atoms with Crippen molar-refractivity contribution >= 4 is 40.6 Å². The Morgan fingerprint density at radius 1 is 1.00 bits per heavy atom. The van der Waals surface area contributed by atoms with Crippen molar-refractivity contribution in [2.75, 3.05) is 0 Å². The van der Waals surface area contributed by atoms with Crippen LogP contribution in [-0.2, 0) is 0 Å². The molecule has 1 aromatic carbocycles. The van der Waals surface area contributed by atoms with Gasteiger partial charge in [-0.15, -0.1) is 0 Å². The molecule has 0 unspecified atom stereocenters. The van der Waals surface area contributed by atoms with Crippen molar-refractivity contribution in [3.05, 3.63) is 46.0 Å². The smallest absolute Gasteiger partial charge is 0.172 e. The van der Waals surface area contributed by atoms with Crippen LogP contribution >= 0.6 is 34.9 Å². The monoisotopic (exact) mass is 257 g/mol. The van der Waals surface area contributed by atoms with E-state index in [1.165, 1.54) is 0 Å². The van der Waals surface area contributed by atoms with Gasteiger partial charge in [-0.05, 0) is 12.1 Å². The van der Waals surface area contributed by atoms with Gasteiger partial charge in [0.2, 0.25) is 0 Å². The number of nitrogens with zero attached hydrogens (tertiary/aromatic N) is 3. The average Bonchev–Trinajstić information content (AvgIpc) is 2.25. The van der Waals surface area contributed by atoms with Crippen LogP contribution < -0.4 is 5.36 Å². The molecule has 0 saturated heterocycles. The third-order valence-corrected chi connectivity index (χ3v) is 2.89. The summed E-state index contributed by atoms with van der Waals surface area (Å²) in [6, 6.07) is 9.37. The average molecular weight is 258 g/mol. The molecule has 1 aromatic heterocycles. The number of aromatic nitrogens is 2. The summed E-state index contributed by atoms with van der Waals surface area (Å²) in [6.45, 7) is 0. The topological polar surface area (TPSA) is 38.1 Å². The Morgan fingerprint density at radius 3 is 2.20 bits per heavy atom. The van der Waals surface area contributed by atoms with E-state index in [1.54, 1.807) is 0 Å². The highest BCUT2D eigenvalue weighted by Gasteiger charge is 2.01. The number of benzene rings is 1. The van der Waals surface area contributed by atoms with Gasteiger partial charge in [-0.3, -0.25) is 0 Å². The fraction of sp³-hybridized carbons (Fsp3) is 0. The molecule has 1 heterocycles. The van der Waals surface area contributed by atoms with Crippen LogP contribution in [0.1, 0.15) is 0 Å². The minimum absolute atomic E-state index is 0.267. The van der Waals surface area contributed by atoms with Crippen LogP contribution in [0.15, 0.2) is 35.3 Å². The van der Waals surface area contributed by atoms with Crippen molar-refractivity contribution in [2.45, 2.75) is 0 Å². The maximum Gasteiger partial charge on any atom is 0.172 e. The lowest BCUT2D eigenvalue weighted by atomic mass is 10.3. The largest absolute Gasteiger partial charge is 0.242 e. The van der Waals surface area contributed by atoms with E-state index in [4.69, 9.17) is 23.2 Å². The molecule has 0 spiro atoms. The maximum absolute atomic E-state index is 5.86. The highest BCUT2D eigenvalue weighted by Crippen LogP contribution is 2.11. The van der Waals surface area contributed by atoms with Crippen LogP contribution in [0.4, 0.5) is 5.69 Å². The molecule has 0 fully saturated rings. The zero-order chi connectivity index (χ0) is 10.7. The van der Waals surface area contributed by atoms with E-state index in [2.05, 4.69) is 13.7 Å². The summed E-state index contributed by atoms with van der Waals surface area (Å²) in [4.78, 5) is 4.26. The molecular formula is C9H5Cl2N3S. The molecule has 0 aliphatic carbocycles. The summed E-state index contributed by atoms with van der Waals surface area (Å²) in [5, 5.41) is 0.941. The van der Waals surface area contributed by atoms with Gasteiger partial charge < -0.3 is 0 Å². The van der Waals surface area contributed by atoms with Crippen LogP contribution in [0.3, 0.4) is 0 Å². The first kappa shape index (κ1) is 10.5. The molecule has 0 amide bonds. The van der Waals surface area contributed by atoms with Crippen molar-refractivity contribution < 1.29 is 0 Å². The van der Waals surface area contributed by atoms with Gasteiger partial charge in [-0.2, -0.15) is 8.75 Å². The predicted molar refractivity (Wildman–Crippen MR) is 61.6 cm³/mol. The molecule has 6 heteroatoms. The quantitative estimate of drug-likeness (QED) is 0.788. The number of hydrogen-bond donors (Lipinski definition) is 0. The first-order valence-electron chi connectivity index (χ1n) is 4.05. The summed E-state index contributed by atoms with van der Waals surface area (Å²) in [6.07, 6.45) is 0. The van der Waals surface area contributed by atoms with E-state index in [-0.39, 0.29) is 10.3 Å². The van der Waals surface area contributed by atoms with Gasteiger partial charge in [0, 0.05) is 0 Å². The molecule has 76 valence electrons. The van der Waals surface area contributed by atoms with Crippen LogP contribution in [-0.4, -0.2) is 8.75 Å². The van der Waals surface area contributed by atoms with E-state index in [0.29, 0.717) is 5.36 Å². The zero-order valence-electron chi connectivity index (χ0n) is 7.39. The van der Waals surface area contributed by atoms with Crippen LogP contribution in [0, 0.1) is 0 Å². The standard InChI is InChI=1S/C9H5Cl2N3S/c10-8-7(9(11)14-15-13-8)12-6-4-2-1-3-5-6/h1-5H. The predicted octanol–water partition coefficient (Wildman–Crippen LogP) is 3.08. The van der Waals surface area contributed by atoms with Gasteiger partial charge in [-0.1, -0.05) is 41.4 Å². The van der Waals surface area contributed by atoms with E-state index in [0.717, 1.165) is 17.4 Å². The molecule has 0 atom stereocenters. The summed E-state index contributed by atoms with van der Waals surface area (Å²) in [7, 11) is 0. The Hall–Kier alpha value is -0.970. The van der Waals surface area contributed by atoms with Gasteiger partial charge in [0.25, 0.3) is 0 Å². The third-order valence-electron chi connectivity index (χ3n) is 1.63. The Labute approximate surface area is 100 Å².